The van der Waals surface area contributed by atoms with Crippen molar-refractivity contribution in [3.63, 3.8) is 0 Å². The molecule has 0 aliphatic rings. The first kappa shape index (κ1) is 12.2. The van der Waals surface area contributed by atoms with E-state index in [4.69, 9.17) is 10.3 Å². The van der Waals surface area contributed by atoms with Crippen LogP contribution in [-0.2, 0) is 6.54 Å². The fourth-order valence-electron chi connectivity index (χ4n) is 1.46. The molecule has 0 bridgehead atoms. The Bertz CT molecular complexity index is 273. The van der Waals surface area contributed by atoms with Gasteiger partial charge in [-0.05, 0) is 13.3 Å². The quantitative estimate of drug-likeness (QED) is 0.719. The van der Waals surface area contributed by atoms with Gasteiger partial charge in [0.05, 0.1) is 5.69 Å². The molecule has 0 saturated heterocycles. The third-order valence-corrected chi connectivity index (χ3v) is 2.32. The molecule has 1 rings (SSSR count). The number of hydrogen-bond acceptors (Lipinski definition) is 4. The molecule has 0 amide bonds. The lowest BCUT2D eigenvalue weighted by Gasteiger charge is -2.10. The van der Waals surface area contributed by atoms with E-state index in [1.807, 2.05) is 13.0 Å². The van der Waals surface area contributed by atoms with E-state index in [-0.39, 0.29) is 6.04 Å². The maximum Gasteiger partial charge on any atom is 0.133 e. The van der Waals surface area contributed by atoms with Crippen molar-refractivity contribution in [2.75, 3.05) is 6.54 Å². The largest absolute Gasteiger partial charge is 0.361 e. The van der Waals surface area contributed by atoms with Crippen LogP contribution >= 0.6 is 0 Å². The van der Waals surface area contributed by atoms with Crippen LogP contribution in [0.1, 0.15) is 37.6 Å². The minimum absolute atomic E-state index is 0.248. The zero-order chi connectivity index (χ0) is 11.1. The topological polar surface area (TPSA) is 64.1 Å². The SMILES string of the molecule is CCCCC(N)CNCc1cc(C)on1. The van der Waals surface area contributed by atoms with Crippen LogP contribution in [0.5, 0.6) is 0 Å². The second-order valence-electron chi connectivity index (χ2n) is 3.96. The van der Waals surface area contributed by atoms with Gasteiger partial charge < -0.3 is 15.6 Å². The Kier molecular flexibility index (Phi) is 5.36. The van der Waals surface area contributed by atoms with E-state index in [2.05, 4.69) is 17.4 Å². The van der Waals surface area contributed by atoms with E-state index in [1.165, 1.54) is 12.8 Å². The van der Waals surface area contributed by atoms with Crippen molar-refractivity contribution in [1.29, 1.82) is 0 Å². The summed E-state index contributed by atoms with van der Waals surface area (Å²) < 4.78 is 4.97. The normalized spacial score (nSPS) is 13.0. The van der Waals surface area contributed by atoms with E-state index in [9.17, 15) is 0 Å². The minimum atomic E-state index is 0.248. The summed E-state index contributed by atoms with van der Waals surface area (Å²) in [6.07, 6.45) is 3.49. The molecule has 1 atom stereocenters. The number of aryl methyl sites for hydroxylation is 1. The molecule has 4 heteroatoms. The minimum Gasteiger partial charge on any atom is -0.361 e. The van der Waals surface area contributed by atoms with Crippen LogP contribution in [0.2, 0.25) is 0 Å². The van der Waals surface area contributed by atoms with Gasteiger partial charge in [0, 0.05) is 25.2 Å². The summed E-state index contributed by atoms with van der Waals surface area (Å²) in [6, 6.07) is 2.18. The van der Waals surface area contributed by atoms with Crippen molar-refractivity contribution in [3.8, 4) is 0 Å². The van der Waals surface area contributed by atoms with Crippen molar-refractivity contribution in [3.05, 3.63) is 17.5 Å². The van der Waals surface area contributed by atoms with E-state index in [0.717, 1.165) is 31.0 Å². The molecule has 0 aliphatic carbocycles. The molecule has 1 aromatic heterocycles. The van der Waals surface area contributed by atoms with Crippen molar-refractivity contribution in [1.82, 2.24) is 10.5 Å². The average Bonchev–Trinajstić information content (AvgIpc) is 2.61. The van der Waals surface area contributed by atoms with Crippen LogP contribution in [0.3, 0.4) is 0 Å². The summed E-state index contributed by atoms with van der Waals surface area (Å²) in [5.41, 5.74) is 6.86. The Morgan fingerprint density at radius 1 is 1.60 bits per heavy atom. The summed E-state index contributed by atoms with van der Waals surface area (Å²) in [7, 11) is 0. The molecule has 0 fully saturated rings. The molecule has 0 aliphatic heterocycles. The van der Waals surface area contributed by atoms with Crippen LogP contribution in [0.25, 0.3) is 0 Å². The lowest BCUT2D eigenvalue weighted by molar-refractivity contribution is 0.387. The summed E-state index contributed by atoms with van der Waals surface area (Å²) >= 11 is 0. The third kappa shape index (κ3) is 4.95. The van der Waals surface area contributed by atoms with Gasteiger partial charge in [-0.2, -0.15) is 0 Å². The molecule has 0 aromatic carbocycles. The monoisotopic (exact) mass is 211 g/mol. The Morgan fingerprint density at radius 3 is 3.00 bits per heavy atom. The molecule has 15 heavy (non-hydrogen) atoms. The Morgan fingerprint density at radius 2 is 2.40 bits per heavy atom. The zero-order valence-corrected chi connectivity index (χ0v) is 9.62. The van der Waals surface area contributed by atoms with Crippen LogP contribution in [0.15, 0.2) is 10.6 Å². The molecule has 4 nitrogen and oxygen atoms in total. The Labute approximate surface area is 91.2 Å². The van der Waals surface area contributed by atoms with Crippen LogP contribution in [0, 0.1) is 6.92 Å². The maximum absolute atomic E-state index is 5.92. The van der Waals surface area contributed by atoms with Gasteiger partial charge in [-0.15, -0.1) is 0 Å². The van der Waals surface area contributed by atoms with Crippen molar-refractivity contribution >= 4 is 0 Å². The summed E-state index contributed by atoms with van der Waals surface area (Å²) in [5.74, 6) is 0.849. The van der Waals surface area contributed by atoms with Gasteiger partial charge in [0.15, 0.2) is 0 Å². The number of hydrogen-bond donors (Lipinski definition) is 2. The predicted molar refractivity (Wildman–Crippen MR) is 60.4 cm³/mol. The van der Waals surface area contributed by atoms with Gasteiger partial charge in [-0.25, -0.2) is 0 Å². The Hall–Kier alpha value is -0.870. The first-order chi connectivity index (χ1) is 7.22. The van der Waals surface area contributed by atoms with Crippen LogP contribution in [-0.4, -0.2) is 17.7 Å². The van der Waals surface area contributed by atoms with Gasteiger partial charge in [-0.1, -0.05) is 24.9 Å². The van der Waals surface area contributed by atoms with Gasteiger partial charge >= 0.3 is 0 Å². The van der Waals surface area contributed by atoms with Crippen LogP contribution in [0.4, 0.5) is 0 Å². The number of nitrogens with one attached hydrogen (secondary N) is 1. The highest BCUT2D eigenvalue weighted by Gasteiger charge is 2.03. The molecule has 1 aromatic rings. The first-order valence-electron chi connectivity index (χ1n) is 5.61. The number of nitrogens with two attached hydrogens (primary N) is 1. The van der Waals surface area contributed by atoms with Gasteiger partial charge in [0.1, 0.15) is 5.76 Å². The molecular formula is C11H21N3O. The smallest absolute Gasteiger partial charge is 0.133 e. The van der Waals surface area contributed by atoms with Crippen molar-refractivity contribution in [2.24, 2.45) is 5.73 Å². The second kappa shape index (κ2) is 6.58. The highest BCUT2D eigenvalue weighted by atomic mass is 16.5. The maximum atomic E-state index is 5.92. The van der Waals surface area contributed by atoms with E-state index in [1.54, 1.807) is 0 Å². The highest BCUT2D eigenvalue weighted by molar-refractivity contribution is 5.02. The fraction of sp³-hybridized carbons (Fsp3) is 0.727. The molecule has 1 unspecified atom stereocenters. The lowest BCUT2D eigenvalue weighted by Crippen LogP contribution is -2.33. The zero-order valence-electron chi connectivity index (χ0n) is 9.62. The molecule has 86 valence electrons. The highest BCUT2D eigenvalue weighted by Crippen LogP contribution is 2.01. The number of aromatic nitrogens is 1. The summed E-state index contributed by atoms with van der Waals surface area (Å²) in [4.78, 5) is 0. The van der Waals surface area contributed by atoms with Gasteiger partial charge in [0.2, 0.25) is 0 Å². The number of rotatable bonds is 7. The molecule has 0 radical (unpaired) electrons. The van der Waals surface area contributed by atoms with Gasteiger partial charge in [-0.3, -0.25) is 0 Å². The molecular weight excluding hydrogens is 190 g/mol. The summed E-state index contributed by atoms with van der Waals surface area (Å²) in [6.45, 7) is 5.64. The molecule has 0 saturated carbocycles. The second-order valence-corrected chi connectivity index (χ2v) is 3.96. The summed E-state index contributed by atoms with van der Waals surface area (Å²) in [5, 5.41) is 7.17. The molecule has 3 N–H and O–H groups in total. The van der Waals surface area contributed by atoms with E-state index < -0.39 is 0 Å². The van der Waals surface area contributed by atoms with Gasteiger partial charge in [0.25, 0.3) is 0 Å². The van der Waals surface area contributed by atoms with Crippen molar-refractivity contribution in [2.45, 2.75) is 45.7 Å². The predicted octanol–water partition coefficient (Wildman–Crippen LogP) is 1.59. The van der Waals surface area contributed by atoms with E-state index >= 15 is 0 Å². The fourth-order valence-corrected chi connectivity index (χ4v) is 1.46. The lowest BCUT2D eigenvalue weighted by atomic mass is 10.1. The first-order valence-corrected chi connectivity index (χ1v) is 5.61. The Balaban J connectivity index is 2.10. The van der Waals surface area contributed by atoms with Crippen LogP contribution < -0.4 is 11.1 Å². The molecule has 0 spiro atoms. The third-order valence-electron chi connectivity index (χ3n) is 2.32. The number of nitrogens with zero attached hydrogens (tertiary/aromatic N) is 1. The van der Waals surface area contributed by atoms with E-state index in [0.29, 0.717) is 0 Å². The number of unbranched alkanes of at least 4 members (excludes halogenated alkanes) is 1. The average molecular weight is 211 g/mol. The molecule has 1 heterocycles. The standard InChI is InChI=1S/C11H21N3O/c1-3-4-5-10(12)7-13-8-11-6-9(2)15-14-11/h6,10,13H,3-5,7-8,12H2,1-2H3. The van der Waals surface area contributed by atoms with Crippen molar-refractivity contribution < 1.29 is 4.52 Å².